The van der Waals surface area contributed by atoms with E-state index < -0.39 is 11.7 Å². The van der Waals surface area contributed by atoms with E-state index in [1.807, 2.05) is 13.8 Å². The highest BCUT2D eigenvalue weighted by Crippen LogP contribution is 2.34. The van der Waals surface area contributed by atoms with Crippen LogP contribution in [0.15, 0.2) is 18.2 Å². The number of hydrogen-bond donors (Lipinski definition) is 1. The number of anilines is 1. The molecule has 0 spiro atoms. The fourth-order valence-corrected chi connectivity index (χ4v) is 1.20. The highest BCUT2D eigenvalue weighted by Gasteiger charge is 2.32. The third-order valence-corrected chi connectivity index (χ3v) is 2.05. The van der Waals surface area contributed by atoms with Crippen molar-refractivity contribution in [1.29, 1.82) is 0 Å². The van der Waals surface area contributed by atoms with Gasteiger partial charge >= 0.3 is 6.18 Å². The van der Waals surface area contributed by atoms with Gasteiger partial charge in [0, 0.05) is 5.69 Å². The van der Waals surface area contributed by atoms with Gasteiger partial charge in [0.2, 0.25) is 0 Å². The number of nitrogens with two attached hydrogens (primary N) is 1. The maximum Gasteiger partial charge on any atom is 0.418 e. The van der Waals surface area contributed by atoms with E-state index in [4.69, 9.17) is 5.73 Å². The van der Waals surface area contributed by atoms with Crippen molar-refractivity contribution in [2.75, 3.05) is 5.73 Å². The van der Waals surface area contributed by atoms with Gasteiger partial charge in [0.1, 0.15) is 0 Å². The van der Waals surface area contributed by atoms with Crippen LogP contribution in [-0.4, -0.2) is 0 Å². The molecule has 0 unspecified atom stereocenters. The SMILES string of the molecule is CC(C)c1ccc(C(F)(F)F)c(N)c1. The molecule has 0 bridgehead atoms. The summed E-state index contributed by atoms with van der Waals surface area (Å²) in [5, 5.41) is 0. The average molecular weight is 203 g/mol. The maximum atomic E-state index is 12.3. The zero-order valence-corrected chi connectivity index (χ0v) is 8.02. The number of benzene rings is 1. The second kappa shape index (κ2) is 3.52. The van der Waals surface area contributed by atoms with Crippen LogP contribution in [0.5, 0.6) is 0 Å². The molecule has 0 aromatic heterocycles. The molecule has 0 radical (unpaired) electrons. The lowest BCUT2D eigenvalue weighted by Crippen LogP contribution is -2.09. The van der Waals surface area contributed by atoms with Crippen molar-refractivity contribution < 1.29 is 13.2 Å². The molecule has 0 saturated heterocycles. The van der Waals surface area contributed by atoms with Crippen molar-refractivity contribution in [2.24, 2.45) is 0 Å². The first-order valence-corrected chi connectivity index (χ1v) is 4.29. The number of hydrogen-bond acceptors (Lipinski definition) is 1. The first-order valence-electron chi connectivity index (χ1n) is 4.29. The van der Waals surface area contributed by atoms with Gasteiger partial charge in [-0.3, -0.25) is 0 Å². The van der Waals surface area contributed by atoms with Crippen molar-refractivity contribution in [2.45, 2.75) is 25.9 Å². The maximum absolute atomic E-state index is 12.3. The van der Waals surface area contributed by atoms with E-state index in [1.165, 1.54) is 12.1 Å². The van der Waals surface area contributed by atoms with Gasteiger partial charge < -0.3 is 5.73 Å². The van der Waals surface area contributed by atoms with Gasteiger partial charge in [-0.1, -0.05) is 19.9 Å². The fraction of sp³-hybridized carbons (Fsp3) is 0.400. The molecular formula is C10H12F3N. The third kappa shape index (κ3) is 2.19. The lowest BCUT2D eigenvalue weighted by atomic mass is 10.0. The van der Waals surface area contributed by atoms with Crippen LogP contribution in [0, 0.1) is 0 Å². The minimum absolute atomic E-state index is 0.180. The van der Waals surface area contributed by atoms with Gasteiger partial charge in [0.05, 0.1) is 5.56 Å². The molecule has 2 N–H and O–H groups in total. The standard InChI is InChI=1S/C10H12F3N/c1-6(2)7-3-4-8(9(14)5-7)10(11,12)13/h3-6H,14H2,1-2H3. The van der Waals surface area contributed by atoms with E-state index in [9.17, 15) is 13.2 Å². The Balaban J connectivity index is 3.15. The summed E-state index contributed by atoms with van der Waals surface area (Å²) in [5.74, 6) is 0.180. The predicted octanol–water partition coefficient (Wildman–Crippen LogP) is 3.41. The molecule has 0 atom stereocenters. The van der Waals surface area contributed by atoms with Crippen LogP contribution in [0.2, 0.25) is 0 Å². The molecule has 1 rings (SSSR count). The van der Waals surface area contributed by atoms with Gasteiger partial charge in [-0.2, -0.15) is 13.2 Å². The van der Waals surface area contributed by atoms with Crippen molar-refractivity contribution >= 4 is 5.69 Å². The molecular weight excluding hydrogens is 191 g/mol. The Kier molecular flexibility index (Phi) is 2.73. The summed E-state index contributed by atoms with van der Waals surface area (Å²) in [7, 11) is 0. The second-order valence-corrected chi connectivity index (χ2v) is 3.50. The predicted molar refractivity (Wildman–Crippen MR) is 49.9 cm³/mol. The van der Waals surface area contributed by atoms with Gasteiger partial charge in [0.25, 0.3) is 0 Å². The van der Waals surface area contributed by atoms with Crippen molar-refractivity contribution in [3.8, 4) is 0 Å². The summed E-state index contributed by atoms with van der Waals surface area (Å²) in [4.78, 5) is 0. The molecule has 0 aliphatic heterocycles. The van der Waals surface area contributed by atoms with Gasteiger partial charge in [-0.05, 0) is 23.6 Å². The summed E-state index contributed by atoms with van der Waals surface area (Å²) in [5.41, 5.74) is 5.17. The van der Waals surface area contributed by atoms with E-state index in [0.717, 1.165) is 11.6 Å². The molecule has 1 aromatic carbocycles. The zero-order valence-electron chi connectivity index (χ0n) is 8.02. The quantitative estimate of drug-likeness (QED) is 0.695. The summed E-state index contributed by atoms with van der Waals surface area (Å²) >= 11 is 0. The van der Waals surface area contributed by atoms with Crippen molar-refractivity contribution in [3.63, 3.8) is 0 Å². The number of nitrogen functional groups attached to an aromatic ring is 1. The fourth-order valence-electron chi connectivity index (χ4n) is 1.20. The van der Waals surface area contributed by atoms with Crippen LogP contribution < -0.4 is 5.73 Å². The summed E-state index contributed by atoms with van der Waals surface area (Å²) in [6.45, 7) is 3.81. The molecule has 0 aliphatic carbocycles. The highest BCUT2D eigenvalue weighted by molar-refractivity contribution is 5.51. The minimum Gasteiger partial charge on any atom is -0.398 e. The topological polar surface area (TPSA) is 26.0 Å². The zero-order chi connectivity index (χ0) is 10.9. The Morgan fingerprint density at radius 3 is 2.14 bits per heavy atom. The Morgan fingerprint density at radius 2 is 1.79 bits per heavy atom. The monoisotopic (exact) mass is 203 g/mol. The lowest BCUT2D eigenvalue weighted by molar-refractivity contribution is -0.136. The van der Waals surface area contributed by atoms with Gasteiger partial charge in [-0.25, -0.2) is 0 Å². The van der Waals surface area contributed by atoms with Crippen LogP contribution >= 0.6 is 0 Å². The van der Waals surface area contributed by atoms with E-state index in [-0.39, 0.29) is 11.6 Å². The first-order chi connectivity index (χ1) is 6.32. The molecule has 78 valence electrons. The Labute approximate surface area is 80.7 Å². The van der Waals surface area contributed by atoms with Crippen LogP contribution in [0.25, 0.3) is 0 Å². The first kappa shape index (κ1) is 10.9. The molecule has 0 saturated carbocycles. The molecule has 0 amide bonds. The number of rotatable bonds is 1. The van der Waals surface area contributed by atoms with Crippen LogP contribution in [0.1, 0.15) is 30.9 Å². The molecule has 1 nitrogen and oxygen atoms in total. The summed E-state index contributed by atoms with van der Waals surface area (Å²) < 4.78 is 36.9. The lowest BCUT2D eigenvalue weighted by Gasteiger charge is -2.12. The molecule has 0 fully saturated rings. The minimum atomic E-state index is -4.36. The smallest absolute Gasteiger partial charge is 0.398 e. The van der Waals surface area contributed by atoms with E-state index in [0.29, 0.717) is 0 Å². The van der Waals surface area contributed by atoms with Crippen molar-refractivity contribution in [3.05, 3.63) is 29.3 Å². The Bertz CT molecular complexity index is 329. The molecule has 0 aliphatic rings. The number of alkyl halides is 3. The highest BCUT2D eigenvalue weighted by atomic mass is 19.4. The third-order valence-electron chi connectivity index (χ3n) is 2.05. The van der Waals surface area contributed by atoms with Crippen molar-refractivity contribution in [1.82, 2.24) is 0 Å². The second-order valence-electron chi connectivity index (χ2n) is 3.50. The van der Waals surface area contributed by atoms with E-state index in [1.54, 1.807) is 0 Å². The van der Waals surface area contributed by atoms with Gasteiger partial charge in [-0.15, -0.1) is 0 Å². The Hall–Kier alpha value is -1.19. The van der Waals surface area contributed by atoms with Crippen LogP contribution in [0.3, 0.4) is 0 Å². The summed E-state index contributed by atoms with van der Waals surface area (Å²) in [6, 6.07) is 3.88. The van der Waals surface area contributed by atoms with Crippen LogP contribution in [0.4, 0.5) is 18.9 Å². The largest absolute Gasteiger partial charge is 0.418 e. The van der Waals surface area contributed by atoms with E-state index in [2.05, 4.69) is 0 Å². The number of halogens is 3. The molecule has 0 heterocycles. The Morgan fingerprint density at radius 1 is 1.21 bits per heavy atom. The molecule has 14 heavy (non-hydrogen) atoms. The normalized spacial score (nSPS) is 12.1. The average Bonchev–Trinajstić information content (AvgIpc) is 2.01. The van der Waals surface area contributed by atoms with Gasteiger partial charge in [0.15, 0.2) is 0 Å². The molecule has 4 heteroatoms. The van der Waals surface area contributed by atoms with Crippen LogP contribution in [-0.2, 0) is 6.18 Å². The van der Waals surface area contributed by atoms with E-state index >= 15 is 0 Å². The summed E-state index contributed by atoms with van der Waals surface area (Å²) in [6.07, 6.45) is -4.36. The molecule has 1 aromatic rings.